The third-order valence-corrected chi connectivity index (χ3v) is 9.12. The number of hydrogen-bond donors (Lipinski definition) is 1. The fourth-order valence-corrected chi connectivity index (χ4v) is 6.90. The first-order valence-electron chi connectivity index (χ1n) is 12.1. The van der Waals surface area contributed by atoms with Crippen molar-refractivity contribution in [2.75, 3.05) is 26.8 Å². The highest BCUT2D eigenvalue weighted by Gasteiger charge is 2.55. The molecule has 0 spiro atoms. The second-order valence-corrected chi connectivity index (χ2v) is 11.2. The molecule has 0 aromatic heterocycles. The lowest BCUT2D eigenvalue weighted by atomic mass is 9.74. The van der Waals surface area contributed by atoms with Crippen LogP contribution < -0.4 is 4.74 Å². The predicted molar refractivity (Wildman–Crippen MR) is 140 cm³/mol. The van der Waals surface area contributed by atoms with Gasteiger partial charge in [-0.1, -0.05) is 48.2 Å². The number of nitrogens with zero attached hydrogens (tertiary/aromatic N) is 2. The Balaban J connectivity index is 1.38. The van der Waals surface area contributed by atoms with Crippen molar-refractivity contribution >= 4 is 15.9 Å². The van der Waals surface area contributed by atoms with E-state index in [9.17, 15) is 18.3 Å². The maximum absolute atomic E-state index is 13.4. The van der Waals surface area contributed by atoms with Gasteiger partial charge in [0.2, 0.25) is 15.9 Å². The van der Waals surface area contributed by atoms with Crippen molar-refractivity contribution in [2.45, 2.75) is 29.8 Å². The molecule has 1 N–H and O–H groups in total. The number of ether oxygens (including phenoxy) is 1. The summed E-state index contributed by atoms with van der Waals surface area (Å²) in [4.78, 5) is 14.8. The molecule has 2 saturated heterocycles. The molecule has 7 nitrogen and oxygen atoms in total. The minimum absolute atomic E-state index is 0.177. The Morgan fingerprint density at radius 2 is 1.73 bits per heavy atom. The third-order valence-electron chi connectivity index (χ3n) is 7.15. The molecule has 2 aliphatic rings. The van der Waals surface area contributed by atoms with Gasteiger partial charge in [0.05, 0.1) is 37.2 Å². The Morgan fingerprint density at radius 3 is 2.43 bits per heavy atom. The maximum Gasteiger partial charge on any atom is 0.243 e. The third kappa shape index (κ3) is 4.62. The second-order valence-electron chi connectivity index (χ2n) is 9.31. The van der Waals surface area contributed by atoms with Crippen LogP contribution in [0.5, 0.6) is 5.75 Å². The van der Waals surface area contributed by atoms with E-state index >= 15 is 0 Å². The minimum atomic E-state index is -3.83. The van der Waals surface area contributed by atoms with Crippen LogP contribution in [0.2, 0.25) is 0 Å². The number of benzene rings is 3. The molecule has 2 fully saturated rings. The topological polar surface area (TPSA) is 87.2 Å². The molecule has 0 radical (unpaired) electrons. The average Bonchev–Trinajstić information content (AvgIpc) is 2.89. The number of amides is 1. The number of aliphatic hydroxyl groups excluding tert-OH is 1. The van der Waals surface area contributed by atoms with Crippen molar-refractivity contribution in [3.8, 4) is 17.6 Å². The van der Waals surface area contributed by atoms with E-state index in [1.807, 2.05) is 48.5 Å². The predicted octanol–water partition coefficient (Wildman–Crippen LogP) is 2.76. The van der Waals surface area contributed by atoms with Gasteiger partial charge < -0.3 is 14.7 Å². The average molecular weight is 517 g/mol. The molecule has 8 heteroatoms. The molecule has 190 valence electrons. The molecule has 5 rings (SSSR count). The number of sulfonamides is 1. The van der Waals surface area contributed by atoms with Gasteiger partial charge in [0.1, 0.15) is 5.75 Å². The van der Waals surface area contributed by atoms with Crippen molar-refractivity contribution in [2.24, 2.45) is 0 Å². The van der Waals surface area contributed by atoms with E-state index < -0.39 is 10.0 Å². The zero-order valence-corrected chi connectivity index (χ0v) is 21.5. The summed E-state index contributed by atoms with van der Waals surface area (Å²) in [5, 5.41) is 10.1. The van der Waals surface area contributed by atoms with Crippen LogP contribution in [0, 0.1) is 18.8 Å². The minimum Gasteiger partial charge on any atom is -0.497 e. The van der Waals surface area contributed by atoms with E-state index in [-0.39, 0.29) is 48.5 Å². The summed E-state index contributed by atoms with van der Waals surface area (Å²) in [5.41, 5.74) is 3.25. The summed E-state index contributed by atoms with van der Waals surface area (Å²) < 4.78 is 33.3. The van der Waals surface area contributed by atoms with Gasteiger partial charge in [-0.25, -0.2) is 8.42 Å². The van der Waals surface area contributed by atoms with Crippen molar-refractivity contribution in [3.63, 3.8) is 0 Å². The summed E-state index contributed by atoms with van der Waals surface area (Å²) in [5.74, 6) is 6.55. The van der Waals surface area contributed by atoms with Gasteiger partial charge in [0.25, 0.3) is 0 Å². The van der Waals surface area contributed by atoms with Gasteiger partial charge in [0, 0.05) is 23.6 Å². The molecular weight excluding hydrogens is 488 g/mol. The zero-order valence-electron chi connectivity index (χ0n) is 20.7. The zero-order chi connectivity index (χ0) is 26.2. The lowest BCUT2D eigenvalue weighted by molar-refractivity contribution is -0.158. The van der Waals surface area contributed by atoms with Gasteiger partial charge >= 0.3 is 0 Å². The van der Waals surface area contributed by atoms with E-state index in [2.05, 4.69) is 11.8 Å². The molecule has 37 heavy (non-hydrogen) atoms. The Labute approximate surface area is 217 Å². The number of piperazine rings is 1. The molecule has 3 aromatic rings. The lowest BCUT2D eigenvalue weighted by Crippen LogP contribution is -2.73. The Morgan fingerprint density at radius 1 is 1.00 bits per heavy atom. The van der Waals surface area contributed by atoms with Gasteiger partial charge in [-0.05, 0) is 54.4 Å². The summed E-state index contributed by atoms with van der Waals surface area (Å²) in [6.07, 6.45) is 0. The molecule has 3 atom stereocenters. The van der Waals surface area contributed by atoms with Crippen molar-refractivity contribution in [1.82, 2.24) is 9.21 Å². The number of aliphatic hydroxyl groups is 1. The Hall–Kier alpha value is -3.64. The monoisotopic (exact) mass is 516 g/mol. The van der Waals surface area contributed by atoms with Crippen LogP contribution in [0.3, 0.4) is 0 Å². The first-order valence-corrected chi connectivity index (χ1v) is 13.5. The van der Waals surface area contributed by atoms with Crippen molar-refractivity contribution in [1.29, 1.82) is 0 Å². The molecular formula is C29H28N2O5S. The Bertz CT molecular complexity index is 1490. The first-order chi connectivity index (χ1) is 17.8. The van der Waals surface area contributed by atoms with E-state index in [1.165, 1.54) is 4.31 Å². The van der Waals surface area contributed by atoms with Crippen LogP contribution in [0.4, 0.5) is 0 Å². The fraction of sp³-hybridized carbons (Fsp3) is 0.276. The summed E-state index contributed by atoms with van der Waals surface area (Å²) >= 11 is 0. The standard InChI is InChI=1S/C29H28N2O5S/c1-20-6-3-4-9-27(20)37(34,35)30-17-25-29(26(19-32)31(25)28(33)18-30)23-14-12-21(13-15-23)10-11-22-7-5-8-24(16-22)36-2/h3-9,12-16,25-26,29,32H,17-19H2,1-2H3/t25-,26-,29-/m0/s1. The molecule has 0 unspecified atom stereocenters. The number of hydrogen-bond acceptors (Lipinski definition) is 5. The molecule has 1 amide bonds. The number of methoxy groups -OCH3 is 1. The first kappa shape index (κ1) is 25.0. The van der Waals surface area contributed by atoms with Crippen LogP contribution in [0.25, 0.3) is 0 Å². The molecule has 0 saturated carbocycles. The van der Waals surface area contributed by atoms with Crippen LogP contribution in [-0.4, -0.2) is 67.5 Å². The van der Waals surface area contributed by atoms with Crippen LogP contribution in [0.1, 0.15) is 28.2 Å². The Kier molecular flexibility index (Phi) is 6.78. The van der Waals surface area contributed by atoms with Crippen LogP contribution >= 0.6 is 0 Å². The molecule has 3 aromatic carbocycles. The second kappa shape index (κ2) is 10.0. The fourth-order valence-electron chi connectivity index (χ4n) is 5.27. The summed E-state index contributed by atoms with van der Waals surface area (Å²) in [7, 11) is -2.21. The number of rotatable bonds is 5. The van der Waals surface area contributed by atoms with Gasteiger partial charge in [0.15, 0.2) is 0 Å². The van der Waals surface area contributed by atoms with Gasteiger partial charge in [-0.2, -0.15) is 4.31 Å². The summed E-state index contributed by atoms with van der Waals surface area (Å²) in [6, 6.07) is 21.3. The summed E-state index contributed by atoms with van der Waals surface area (Å²) in [6.45, 7) is 1.52. The highest BCUT2D eigenvalue weighted by atomic mass is 32.2. The number of carbonyl (C=O) groups excluding carboxylic acids is 1. The van der Waals surface area contributed by atoms with E-state index in [0.29, 0.717) is 5.56 Å². The number of carbonyl (C=O) groups is 1. The van der Waals surface area contributed by atoms with Crippen molar-refractivity contribution < 1.29 is 23.1 Å². The molecule has 2 aliphatic heterocycles. The highest BCUT2D eigenvalue weighted by Crippen LogP contribution is 2.43. The number of aryl methyl sites for hydroxylation is 1. The SMILES string of the molecule is COc1cccc(C#Cc2ccc([C@@H]3[C@H](CO)N4C(=O)CN(S(=O)(=O)c5ccccc5C)C[C@@H]34)cc2)c1. The molecule has 0 bridgehead atoms. The maximum atomic E-state index is 13.4. The van der Waals surface area contributed by atoms with Crippen LogP contribution in [-0.2, 0) is 14.8 Å². The largest absolute Gasteiger partial charge is 0.497 e. The highest BCUT2D eigenvalue weighted by molar-refractivity contribution is 7.89. The van der Waals surface area contributed by atoms with Gasteiger partial charge in [-0.15, -0.1) is 0 Å². The normalized spacial score (nSPS) is 21.4. The van der Waals surface area contributed by atoms with Gasteiger partial charge in [-0.3, -0.25) is 4.79 Å². The van der Waals surface area contributed by atoms with E-state index in [4.69, 9.17) is 4.74 Å². The lowest BCUT2D eigenvalue weighted by Gasteiger charge is -2.58. The molecule has 0 aliphatic carbocycles. The van der Waals surface area contributed by atoms with E-state index in [1.54, 1.807) is 43.2 Å². The number of fused-ring (bicyclic) bond motifs is 1. The van der Waals surface area contributed by atoms with E-state index in [0.717, 1.165) is 22.4 Å². The van der Waals surface area contributed by atoms with Crippen molar-refractivity contribution in [3.05, 3.63) is 95.1 Å². The van der Waals surface area contributed by atoms with Crippen LogP contribution in [0.15, 0.2) is 77.7 Å². The molecule has 2 heterocycles. The smallest absolute Gasteiger partial charge is 0.243 e. The quantitative estimate of drug-likeness (QED) is 0.527.